The van der Waals surface area contributed by atoms with Crippen molar-refractivity contribution in [3.63, 3.8) is 0 Å². The van der Waals surface area contributed by atoms with Gasteiger partial charge in [0, 0.05) is 51.4 Å². The molecule has 10 atom stereocenters. The molecule has 44 heavy (non-hydrogen) atoms. The van der Waals surface area contributed by atoms with Crippen molar-refractivity contribution in [2.75, 3.05) is 0 Å². The lowest BCUT2D eigenvalue weighted by molar-refractivity contribution is -0.170. The van der Waals surface area contributed by atoms with Crippen LogP contribution in [0.3, 0.4) is 0 Å². The highest BCUT2D eigenvalue weighted by Crippen LogP contribution is 2.48. The fourth-order valence-electron chi connectivity index (χ4n) is 8.39. The predicted molar refractivity (Wildman–Crippen MR) is 177 cm³/mol. The Morgan fingerprint density at radius 1 is 0.545 bits per heavy atom. The molecule has 4 aliphatic carbocycles. The molecule has 0 amide bonds. The maximum atomic E-state index is 10.8. The zero-order valence-electron chi connectivity index (χ0n) is 30.1. The van der Waals surface area contributed by atoms with E-state index in [2.05, 4.69) is 69.2 Å². The zero-order valence-corrected chi connectivity index (χ0v) is 30.1. The predicted octanol–water partition coefficient (Wildman–Crippen LogP) is 9.46. The van der Waals surface area contributed by atoms with Crippen LogP contribution < -0.4 is 0 Å². The number of hydrogen-bond donors (Lipinski definition) is 0. The van der Waals surface area contributed by atoms with Crippen molar-refractivity contribution in [3.8, 4) is 0 Å². The van der Waals surface area contributed by atoms with Gasteiger partial charge in [0.15, 0.2) is 11.6 Å². The molecule has 2 spiro atoms. The Kier molecular flexibility index (Phi) is 14.4. The molecule has 6 aliphatic rings. The second-order valence-corrected chi connectivity index (χ2v) is 15.3. The lowest BCUT2D eigenvalue weighted by Crippen LogP contribution is -2.27. The molecule has 6 heteroatoms. The van der Waals surface area contributed by atoms with E-state index in [0.717, 1.165) is 81.5 Å². The average molecular weight is 621 g/mol. The van der Waals surface area contributed by atoms with E-state index in [1.807, 2.05) is 0 Å². The van der Waals surface area contributed by atoms with Gasteiger partial charge in [0.25, 0.3) is 0 Å². The molecule has 2 aliphatic heterocycles. The third-order valence-corrected chi connectivity index (χ3v) is 11.9. The third kappa shape index (κ3) is 10.1. The van der Waals surface area contributed by atoms with Crippen LogP contribution in [0.4, 0.5) is 0 Å². The highest BCUT2D eigenvalue weighted by atomic mass is 16.8. The normalized spacial score (nSPS) is 40.0. The molecule has 0 unspecified atom stereocenters. The van der Waals surface area contributed by atoms with Gasteiger partial charge in [-0.15, -0.1) is 0 Å². The van der Waals surface area contributed by atoms with Crippen LogP contribution in [-0.4, -0.2) is 47.6 Å². The third-order valence-electron chi connectivity index (χ3n) is 11.9. The SMILES string of the molecule is CC[C@@H]1CC(=O)C[C@H]1C.CC[C@@H]1CC2(C[C@H]1C)O[C@H](C)[C@@H](C)O2.CC[C@H]1CCC(=O)C1.CC[C@H]1CCC2(C1)O[C@H](C)[C@@H](C)O2. The summed E-state index contributed by atoms with van der Waals surface area (Å²) < 4.78 is 23.9. The van der Waals surface area contributed by atoms with E-state index >= 15 is 0 Å². The summed E-state index contributed by atoms with van der Waals surface area (Å²) in [6.07, 6.45) is 16.1. The van der Waals surface area contributed by atoms with Crippen molar-refractivity contribution in [3.05, 3.63) is 0 Å². The molecule has 0 bridgehead atoms. The standard InChI is InChI=1S/C12H22O2.C11H20O2.C8H14O.C7H12O/c1-5-11-7-12(6-8(11)2)13-9(3)10(4)14-12;1-4-10-5-6-11(7-10)12-8(2)9(3)13-11;1-3-7-5-8(9)4-6(7)2;1-2-6-3-4-7(8)5-6/h8-11H,5-7H2,1-4H3;8-10H,4-7H2,1-3H3;6-7H,3-5H2,1-2H3;6H,2-5H2,1H3/t8-,9-,10-,11-;8-,9-,10+;6-,7-;6-/m1110/s1. The number of carbonyl (C=O) groups excluding carboxylic acids is 2. The summed E-state index contributed by atoms with van der Waals surface area (Å²) in [4.78, 5) is 21.4. The Morgan fingerprint density at radius 2 is 1.09 bits per heavy atom. The lowest BCUT2D eigenvalue weighted by atomic mass is 9.96. The van der Waals surface area contributed by atoms with Crippen LogP contribution in [-0.2, 0) is 28.5 Å². The molecule has 0 aromatic rings. The van der Waals surface area contributed by atoms with Gasteiger partial charge in [-0.2, -0.15) is 0 Å². The Bertz CT molecular complexity index is 882. The molecule has 6 nitrogen and oxygen atoms in total. The monoisotopic (exact) mass is 621 g/mol. The molecular formula is C38H68O6. The summed E-state index contributed by atoms with van der Waals surface area (Å²) >= 11 is 0. The van der Waals surface area contributed by atoms with Crippen LogP contribution >= 0.6 is 0 Å². The molecule has 0 N–H and O–H groups in total. The highest BCUT2D eigenvalue weighted by Gasteiger charge is 2.51. The number of Topliss-reactive ketones (excluding diaryl/α,β-unsaturated/α-hetero) is 2. The second-order valence-electron chi connectivity index (χ2n) is 15.3. The summed E-state index contributed by atoms with van der Waals surface area (Å²) in [6, 6.07) is 0. The van der Waals surface area contributed by atoms with E-state index in [1.54, 1.807) is 0 Å². The maximum absolute atomic E-state index is 10.8. The van der Waals surface area contributed by atoms with Gasteiger partial charge in [-0.05, 0) is 76.0 Å². The largest absolute Gasteiger partial charge is 0.344 e. The number of ether oxygens (including phenoxy) is 4. The van der Waals surface area contributed by atoms with E-state index in [-0.39, 0.29) is 36.0 Å². The maximum Gasteiger partial charge on any atom is 0.169 e. The van der Waals surface area contributed by atoms with Gasteiger partial charge in [-0.3, -0.25) is 9.59 Å². The van der Waals surface area contributed by atoms with E-state index in [4.69, 9.17) is 18.9 Å². The second kappa shape index (κ2) is 16.8. The quantitative estimate of drug-likeness (QED) is 0.312. The average Bonchev–Trinajstić information content (AvgIpc) is 3.81. The van der Waals surface area contributed by atoms with E-state index in [0.29, 0.717) is 23.4 Å². The molecule has 2 heterocycles. The first-order chi connectivity index (χ1) is 20.8. The smallest absolute Gasteiger partial charge is 0.169 e. The molecule has 4 saturated carbocycles. The fraction of sp³-hybridized carbons (Fsp3) is 0.947. The first-order valence-corrected chi connectivity index (χ1v) is 18.5. The van der Waals surface area contributed by atoms with Gasteiger partial charge >= 0.3 is 0 Å². The van der Waals surface area contributed by atoms with E-state index in [9.17, 15) is 9.59 Å². The molecular weight excluding hydrogens is 552 g/mol. The number of ketones is 2. The van der Waals surface area contributed by atoms with Crippen LogP contribution in [0.25, 0.3) is 0 Å². The van der Waals surface area contributed by atoms with E-state index < -0.39 is 0 Å². The molecule has 256 valence electrons. The van der Waals surface area contributed by atoms with Gasteiger partial charge in [0.1, 0.15) is 11.6 Å². The minimum atomic E-state index is -0.223. The minimum absolute atomic E-state index is 0.195. The van der Waals surface area contributed by atoms with Crippen LogP contribution in [0.15, 0.2) is 0 Å². The Balaban J connectivity index is 0.000000165. The highest BCUT2D eigenvalue weighted by molar-refractivity contribution is 5.81. The molecule has 2 saturated heterocycles. The van der Waals surface area contributed by atoms with Gasteiger partial charge in [-0.1, -0.05) is 67.2 Å². The van der Waals surface area contributed by atoms with Crippen molar-refractivity contribution in [1.29, 1.82) is 0 Å². The topological polar surface area (TPSA) is 71.1 Å². The Hall–Kier alpha value is -0.820. The van der Waals surface area contributed by atoms with Gasteiger partial charge in [0.05, 0.1) is 24.4 Å². The summed E-state index contributed by atoms with van der Waals surface area (Å²) in [5.74, 6) is 4.94. The van der Waals surface area contributed by atoms with Gasteiger partial charge in [-0.25, -0.2) is 0 Å². The van der Waals surface area contributed by atoms with Crippen LogP contribution in [0.1, 0.15) is 159 Å². The lowest BCUT2D eigenvalue weighted by Gasteiger charge is -2.22. The van der Waals surface area contributed by atoms with Crippen LogP contribution in [0, 0.1) is 35.5 Å². The molecule has 6 fully saturated rings. The van der Waals surface area contributed by atoms with Crippen molar-refractivity contribution >= 4 is 11.6 Å². The van der Waals surface area contributed by atoms with Crippen molar-refractivity contribution < 1.29 is 28.5 Å². The van der Waals surface area contributed by atoms with E-state index in [1.165, 1.54) is 32.1 Å². The molecule has 0 aromatic heterocycles. The molecule has 0 radical (unpaired) electrons. The van der Waals surface area contributed by atoms with Crippen molar-refractivity contribution in [2.45, 2.75) is 195 Å². The number of carbonyl (C=O) groups is 2. The first-order valence-electron chi connectivity index (χ1n) is 18.5. The number of hydrogen-bond acceptors (Lipinski definition) is 6. The van der Waals surface area contributed by atoms with Gasteiger partial charge < -0.3 is 18.9 Å². The van der Waals surface area contributed by atoms with Crippen LogP contribution in [0.5, 0.6) is 0 Å². The summed E-state index contributed by atoms with van der Waals surface area (Å²) in [5.41, 5.74) is 0. The van der Waals surface area contributed by atoms with Crippen molar-refractivity contribution in [1.82, 2.24) is 0 Å². The zero-order chi connectivity index (χ0) is 32.7. The Morgan fingerprint density at radius 3 is 1.43 bits per heavy atom. The van der Waals surface area contributed by atoms with Crippen molar-refractivity contribution in [2.24, 2.45) is 35.5 Å². The Labute approximate surface area is 270 Å². The molecule has 6 rings (SSSR count). The van der Waals surface area contributed by atoms with Gasteiger partial charge in [0.2, 0.25) is 0 Å². The summed E-state index contributed by atoms with van der Waals surface area (Å²) in [6.45, 7) is 21.8. The minimum Gasteiger partial charge on any atom is -0.344 e. The first kappa shape index (κ1) is 37.6. The summed E-state index contributed by atoms with van der Waals surface area (Å²) in [5, 5.41) is 0. The fourth-order valence-corrected chi connectivity index (χ4v) is 8.39. The molecule has 0 aromatic carbocycles. The summed E-state index contributed by atoms with van der Waals surface area (Å²) in [7, 11) is 0. The van der Waals surface area contributed by atoms with Crippen LogP contribution in [0.2, 0.25) is 0 Å². The number of rotatable bonds is 4.